The Bertz CT molecular complexity index is 554. The van der Waals surface area contributed by atoms with Crippen LogP contribution in [0.1, 0.15) is 12.0 Å². The van der Waals surface area contributed by atoms with Crippen molar-refractivity contribution in [3.8, 4) is 11.6 Å². The van der Waals surface area contributed by atoms with Crippen molar-refractivity contribution in [1.29, 1.82) is 0 Å². The minimum Gasteiger partial charge on any atom is -0.493 e. The number of methoxy groups -OCH3 is 1. The van der Waals surface area contributed by atoms with Gasteiger partial charge < -0.3 is 14.2 Å². The highest BCUT2D eigenvalue weighted by molar-refractivity contribution is 5.69. The highest BCUT2D eigenvalue weighted by atomic mass is 16.5. The number of benzene rings is 1. The van der Waals surface area contributed by atoms with Crippen LogP contribution in [0.15, 0.2) is 48.7 Å². The van der Waals surface area contributed by atoms with E-state index in [0.29, 0.717) is 24.8 Å². The molecule has 2 rings (SSSR count). The van der Waals surface area contributed by atoms with E-state index in [1.807, 2.05) is 42.5 Å². The topological polar surface area (TPSA) is 57.7 Å². The van der Waals surface area contributed by atoms with Crippen LogP contribution in [0.2, 0.25) is 0 Å². The van der Waals surface area contributed by atoms with E-state index in [-0.39, 0.29) is 12.4 Å². The number of esters is 1. The Labute approximate surface area is 123 Å². The Morgan fingerprint density at radius 3 is 2.57 bits per heavy atom. The molecule has 0 aliphatic rings. The molecular formula is C16H17NO4. The molecule has 0 atom stereocenters. The van der Waals surface area contributed by atoms with Crippen molar-refractivity contribution in [3.05, 3.63) is 54.2 Å². The molecule has 0 unspecified atom stereocenters. The molecule has 0 fully saturated rings. The third kappa shape index (κ3) is 5.14. The predicted octanol–water partition coefficient (Wildman–Crippen LogP) is 2.60. The molecule has 1 aromatic carbocycles. The molecule has 0 N–H and O–H groups in total. The fraction of sp³-hybridized carbons (Fsp3) is 0.250. The third-order valence-corrected chi connectivity index (χ3v) is 2.75. The maximum atomic E-state index is 11.0. The van der Waals surface area contributed by atoms with Gasteiger partial charge in [-0.1, -0.05) is 18.2 Å². The van der Waals surface area contributed by atoms with Crippen molar-refractivity contribution >= 4 is 5.97 Å². The van der Waals surface area contributed by atoms with E-state index in [1.54, 1.807) is 6.20 Å². The van der Waals surface area contributed by atoms with Gasteiger partial charge in [0.25, 0.3) is 0 Å². The fourth-order valence-corrected chi connectivity index (χ4v) is 1.63. The summed E-state index contributed by atoms with van der Waals surface area (Å²) in [6.45, 7) is 0.746. The van der Waals surface area contributed by atoms with Gasteiger partial charge in [0.2, 0.25) is 5.88 Å². The molecule has 21 heavy (non-hydrogen) atoms. The Hall–Kier alpha value is -2.56. The average Bonchev–Trinajstić information content (AvgIpc) is 2.55. The van der Waals surface area contributed by atoms with E-state index < -0.39 is 0 Å². The van der Waals surface area contributed by atoms with Crippen LogP contribution in [-0.2, 0) is 16.1 Å². The summed E-state index contributed by atoms with van der Waals surface area (Å²) in [6.07, 6.45) is 1.93. The van der Waals surface area contributed by atoms with Crippen LogP contribution in [0.5, 0.6) is 11.6 Å². The van der Waals surface area contributed by atoms with Crippen LogP contribution in [-0.4, -0.2) is 24.7 Å². The number of ether oxygens (including phenoxy) is 3. The zero-order valence-electron chi connectivity index (χ0n) is 11.8. The van der Waals surface area contributed by atoms with E-state index in [1.165, 1.54) is 7.11 Å². The van der Waals surface area contributed by atoms with E-state index in [4.69, 9.17) is 9.47 Å². The maximum absolute atomic E-state index is 11.0. The third-order valence-electron chi connectivity index (χ3n) is 2.75. The Balaban J connectivity index is 1.78. The summed E-state index contributed by atoms with van der Waals surface area (Å²) in [4.78, 5) is 15.0. The normalized spacial score (nSPS) is 9.95. The lowest BCUT2D eigenvalue weighted by atomic mass is 10.2. The van der Waals surface area contributed by atoms with Gasteiger partial charge in [-0.3, -0.25) is 4.79 Å². The summed E-state index contributed by atoms with van der Waals surface area (Å²) in [5.41, 5.74) is 1.01. The molecule has 0 spiro atoms. The molecule has 1 heterocycles. The molecule has 0 amide bonds. The zero-order valence-corrected chi connectivity index (χ0v) is 11.8. The lowest BCUT2D eigenvalue weighted by Crippen LogP contribution is -2.07. The second-order valence-corrected chi connectivity index (χ2v) is 4.28. The lowest BCUT2D eigenvalue weighted by Gasteiger charge is -2.07. The van der Waals surface area contributed by atoms with E-state index in [2.05, 4.69) is 9.72 Å². The van der Waals surface area contributed by atoms with Gasteiger partial charge >= 0.3 is 5.97 Å². The molecule has 0 aliphatic carbocycles. The molecule has 2 aromatic rings. The molecule has 0 saturated carbocycles. The second-order valence-electron chi connectivity index (χ2n) is 4.28. The molecule has 5 nitrogen and oxygen atoms in total. The summed E-state index contributed by atoms with van der Waals surface area (Å²) >= 11 is 0. The molecule has 5 heteroatoms. The fourth-order valence-electron chi connectivity index (χ4n) is 1.63. The van der Waals surface area contributed by atoms with Gasteiger partial charge in [0.1, 0.15) is 12.4 Å². The summed E-state index contributed by atoms with van der Waals surface area (Å²) < 4.78 is 15.5. The Kier molecular flexibility index (Phi) is 5.58. The van der Waals surface area contributed by atoms with Crippen molar-refractivity contribution in [2.75, 3.05) is 13.7 Å². The molecule has 0 saturated heterocycles. The van der Waals surface area contributed by atoms with Crippen LogP contribution in [0.25, 0.3) is 0 Å². The molecule has 110 valence electrons. The first-order valence-electron chi connectivity index (χ1n) is 6.60. The van der Waals surface area contributed by atoms with Crippen LogP contribution >= 0.6 is 0 Å². The first kappa shape index (κ1) is 14.8. The van der Waals surface area contributed by atoms with Crippen LogP contribution in [0.3, 0.4) is 0 Å². The summed E-state index contributed by atoms with van der Waals surface area (Å²) in [7, 11) is 1.36. The van der Waals surface area contributed by atoms with Crippen molar-refractivity contribution in [3.63, 3.8) is 0 Å². The predicted molar refractivity (Wildman–Crippen MR) is 77.1 cm³/mol. The van der Waals surface area contributed by atoms with Crippen molar-refractivity contribution in [2.24, 2.45) is 0 Å². The van der Waals surface area contributed by atoms with Gasteiger partial charge in [0, 0.05) is 12.3 Å². The standard InChI is InChI=1S/C16H17NO4/c1-19-16(18)9-11-20-14-7-5-13(6-8-14)12-21-15-4-2-3-10-17-15/h2-8,10H,9,11-12H2,1H3. The number of carbonyl (C=O) groups is 1. The van der Waals surface area contributed by atoms with Gasteiger partial charge in [0.15, 0.2) is 0 Å². The molecule has 0 aliphatic heterocycles. The summed E-state index contributed by atoms with van der Waals surface area (Å²) in [5.74, 6) is 1.02. The highest BCUT2D eigenvalue weighted by Crippen LogP contribution is 2.14. The van der Waals surface area contributed by atoms with Crippen LogP contribution in [0.4, 0.5) is 0 Å². The number of hydrogen-bond donors (Lipinski definition) is 0. The molecular weight excluding hydrogens is 270 g/mol. The van der Waals surface area contributed by atoms with Gasteiger partial charge in [-0.15, -0.1) is 0 Å². The van der Waals surface area contributed by atoms with Crippen molar-refractivity contribution < 1.29 is 19.0 Å². The minimum atomic E-state index is -0.282. The van der Waals surface area contributed by atoms with Crippen LogP contribution < -0.4 is 9.47 Å². The first-order valence-corrected chi connectivity index (χ1v) is 6.60. The minimum absolute atomic E-state index is 0.237. The number of carbonyl (C=O) groups excluding carboxylic acids is 1. The summed E-state index contributed by atoms with van der Waals surface area (Å²) in [5, 5.41) is 0. The maximum Gasteiger partial charge on any atom is 0.308 e. The molecule has 0 bridgehead atoms. The number of hydrogen-bond acceptors (Lipinski definition) is 5. The zero-order chi connectivity index (χ0) is 14.9. The first-order chi connectivity index (χ1) is 10.3. The lowest BCUT2D eigenvalue weighted by molar-refractivity contribution is -0.141. The number of aromatic nitrogens is 1. The van der Waals surface area contributed by atoms with Gasteiger partial charge in [-0.2, -0.15) is 0 Å². The van der Waals surface area contributed by atoms with Gasteiger partial charge in [-0.05, 0) is 23.8 Å². The van der Waals surface area contributed by atoms with E-state index >= 15 is 0 Å². The Morgan fingerprint density at radius 1 is 1.10 bits per heavy atom. The smallest absolute Gasteiger partial charge is 0.308 e. The summed E-state index contributed by atoms with van der Waals surface area (Å²) in [6, 6.07) is 13.0. The number of pyridine rings is 1. The van der Waals surface area contributed by atoms with E-state index in [0.717, 1.165) is 5.56 Å². The monoisotopic (exact) mass is 287 g/mol. The van der Waals surface area contributed by atoms with Gasteiger partial charge in [0.05, 0.1) is 20.1 Å². The SMILES string of the molecule is COC(=O)CCOc1ccc(COc2ccccn2)cc1. The second kappa shape index (κ2) is 7.89. The van der Waals surface area contributed by atoms with Crippen molar-refractivity contribution in [2.45, 2.75) is 13.0 Å². The van der Waals surface area contributed by atoms with Crippen LogP contribution in [0, 0.1) is 0 Å². The highest BCUT2D eigenvalue weighted by Gasteiger charge is 2.01. The molecule has 0 radical (unpaired) electrons. The van der Waals surface area contributed by atoms with Gasteiger partial charge in [-0.25, -0.2) is 4.98 Å². The quantitative estimate of drug-likeness (QED) is 0.733. The molecule has 1 aromatic heterocycles. The average molecular weight is 287 g/mol. The largest absolute Gasteiger partial charge is 0.493 e. The Morgan fingerprint density at radius 2 is 1.90 bits per heavy atom. The van der Waals surface area contributed by atoms with E-state index in [9.17, 15) is 4.79 Å². The van der Waals surface area contributed by atoms with Crippen molar-refractivity contribution in [1.82, 2.24) is 4.98 Å². The number of rotatable bonds is 7. The number of nitrogens with zero attached hydrogens (tertiary/aromatic N) is 1.